The van der Waals surface area contributed by atoms with Gasteiger partial charge >= 0.3 is 5.97 Å². The summed E-state index contributed by atoms with van der Waals surface area (Å²) in [6, 6.07) is 0. The molecule has 0 amide bonds. The highest BCUT2D eigenvalue weighted by Gasteiger charge is 2.22. The molecule has 3 rings (SSSR count). The van der Waals surface area contributed by atoms with E-state index in [2.05, 4.69) is 9.97 Å². The molecule has 4 nitrogen and oxygen atoms in total. The second-order valence-corrected chi connectivity index (χ2v) is 6.72. The second-order valence-electron chi connectivity index (χ2n) is 4.31. The lowest BCUT2D eigenvalue weighted by atomic mass is 10.1. The van der Waals surface area contributed by atoms with Crippen molar-refractivity contribution in [3.05, 3.63) is 21.1 Å². The van der Waals surface area contributed by atoms with E-state index in [0.29, 0.717) is 5.56 Å². The second kappa shape index (κ2) is 4.25. The molecule has 2 heterocycles. The van der Waals surface area contributed by atoms with Crippen LogP contribution in [-0.4, -0.2) is 23.0 Å². The highest BCUT2D eigenvalue weighted by atomic mass is 32.1. The van der Waals surface area contributed by atoms with Gasteiger partial charge in [0.25, 0.3) is 0 Å². The average molecular weight is 292 g/mol. The van der Waals surface area contributed by atoms with Crippen molar-refractivity contribution in [3.8, 4) is 0 Å². The van der Waals surface area contributed by atoms with Gasteiger partial charge in [-0.1, -0.05) is 0 Å². The summed E-state index contributed by atoms with van der Waals surface area (Å²) in [5.41, 5.74) is 3.02. The molecule has 19 heavy (non-hydrogen) atoms. The van der Waals surface area contributed by atoms with Crippen LogP contribution in [0, 0.1) is 20.8 Å². The number of aryl methyl sites for hydroxylation is 3. The summed E-state index contributed by atoms with van der Waals surface area (Å²) < 4.78 is 7.04. The van der Waals surface area contributed by atoms with E-state index in [1.165, 1.54) is 7.11 Å². The van der Waals surface area contributed by atoms with Crippen molar-refractivity contribution in [1.29, 1.82) is 0 Å². The van der Waals surface area contributed by atoms with Crippen LogP contribution in [0.25, 0.3) is 20.4 Å². The Morgan fingerprint density at radius 1 is 1.00 bits per heavy atom. The van der Waals surface area contributed by atoms with Gasteiger partial charge in [0.05, 0.1) is 43.1 Å². The summed E-state index contributed by atoms with van der Waals surface area (Å²) in [6.45, 7) is 5.82. The number of thiazole rings is 2. The van der Waals surface area contributed by atoms with Crippen LogP contribution in [-0.2, 0) is 4.74 Å². The Balaban J connectivity index is 2.57. The minimum absolute atomic E-state index is 0.347. The lowest BCUT2D eigenvalue weighted by Gasteiger charge is -2.05. The fourth-order valence-electron chi connectivity index (χ4n) is 2.23. The zero-order valence-corrected chi connectivity index (χ0v) is 12.7. The molecule has 0 atom stereocenters. The molecule has 0 radical (unpaired) electrons. The van der Waals surface area contributed by atoms with Crippen molar-refractivity contribution >= 4 is 49.1 Å². The summed E-state index contributed by atoms with van der Waals surface area (Å²) in [5.74, 6) is -0.347. The number of ether oxygens (including phenoxy) is 1. The quantitative estimate of drug-likeness (QED) is 0.643. The number of esters is 1. The van der Waals surface area contributed by atoms with Gasteiger partial charge in [-0.15, -0.1) is 22.7 Å². The van der Waals surface area contributed by atoms with Crippen LogP contribution >= 0.6 is 22.7 Å². The van der Waals surface area contributed by atoms with Crippen LogP contribution in [0.4, 0.5) is 0 Å². The molecule has 2 aromatic heterocycles. The van der Waals surface area contributed by atoms with E-state index in [0.717, 1.165) is 36.0 Å². The predicted molar refractivity (Wildman–Crippen MR) is 78.3 cm³/mol. The third kappa shape index (κ3) is 1.74. The van der Waals surface area contributed by atoms with Crippen LogP contribution in [0.5, 0.6) is 0 Å². The number of benzene rings is 1. The number of rotatable bonds is 1. The van der Waals surface area contributed by atoms with Gasteiger partial charge in [-0.05, 0) is 26.3 Å². The van der Waals surface area contributed by atoms with E-state index in [9.17, 15) is 4.79 Å². The molecule has 0 N–H and O–H groups in total. The Kier molecular flexibility index (Phi) is 2.79. The standard InChI is InChI=1S/C13H12N2O2S2/c1-5-8(13(16)17-4)10-12(19-7(3)15-10)11-9(5)14-6(2)18-11/h1-4H3. The smallest absolute Gasteiger partial charge is 0.340 e. The van der Waals surface area contributed by atoms with Crippen LogP contribution in [0.2, 0.25) is 0 Å². The first-order valence-corrected chi connectivity index (χ1v) is 7.41. The van der Waals surface area contributed by atoms with Crippen molar-refractivity contribution in [2.45, 2.75) is 20.8 Å². The third-order valence-corrected chi connectivity index (χ3v) is 5.14. The molecular formula is C13H12N2O2S2. The van der Waals surface area contributed by atoms with Crippen molar-refractivity contribution in [2.24, 2.45) is 0 Å². The van der Waals surface area contributed by atoms with E-state index in [1.54, 1.807) is 22.7 Å². The zero-order valence-electron chi connectivity index (χ0n) is 11.0. The number of nitrogens with zero attached hydrogens (tertiary/aromatic N) is 2. The van der Waals surface area contributed by atoms with Crippen LogP contribution in [0.1, 0.15) is 25.9 Å². The number of carbonyl (C=O) groups is 1. The molecule has 1 aromatic carbocycles. The van der Waals surface area contributed by atoms with Gasteiger partial charge in [0, 0.05) is 0 Å². The zero-order chi connectivity index (χ0) is 13.7. The molecule has 6 heteroatoms. The van der Waals surface area contributed by atoms with Gasteiger partial charge in [-0.3, -0.25) is 0 Å². The number of methoxy groups -OCH3 is 1. The minimum atomic E-state index is -0.347. The first-order chi connectivity index (χ1) is 9.02. The Hall–Kier alpha value is -1.53. The van der Waals surface area contributed by atoms with Crippen LogP contribution in [0.3, 0.4) is 0 Å². The summed E-state index contributed by atoms with van der Waals surface area (Å²) in [5, 5.41) is 1.94. The van der Waals surface area contributed by atoms with Crippen LogP contribution < -0.4 is 0 Å². The molecule has 0 unspecified atom stereocenters. The first kappa shape index (κ1) is 12.5. The van der Waals surface area contributed by atoms with E-state index < -0.39 is 0 Å². The monoisotopic (exact) mass is 292 g/mol. The molecule has 0 aliphatic rings. The SMILES string of the molecule is COC(=O)c1c(C)c2nc(C)sc2c2sc(C)nc12. The molecule has 0 bridgehead atoms. The summed E-state index contributed by atoms with van der Waals surface area (Å²) in [7, 11) is 1.39. The number of carbonyl (C=O) groups excluding carboxylic acids is 1. The van der Waals surface area contributed by atoms with Gasteiger partial charge in [0.15, 0.2) is 0 Å². The predicted octanol–water partition coefficient (Wildman–Crippen LogP) is 3.62. The van der Waals surface area contributed by atoms with Gasteiger partial charge in [0.2, 0.25) is 0 Å². The maximum atomic E-state index is 12.0. The van der Waals surface area contributed by atoms with Gasteiger partial charge in [-0.2, -0.15) is 0 Å². The van der Waals surface area contributed by atoms with Gasteiger partial charge in [-0.25, -0.2) is 14.8 Å². The van der Waals surface area contributed by atoms with E-state index in [4.69, 9.17) is 4.74 Å². The van der Waals surface area contributed by atoms with Crippen molar-refractivity contribution in [2.75, 3.05) is 7.11 Å². The van der Waals surface area contributed by atoms with Crippen molar-refractivity contribution < 1.29 is 9.53 Å². The van der Waals surface area contributed by atoms with E-state index in [-0.39, 0.29) is 5.97 Å². The van der Waals surface area contributed by atoms with Crippen molar-refractivity contribution in [1.82, 2.24) is 9.97 Å². The molecule has 0 fully saturated rings. The summed E-state index contributed by atoms with van der Waals surface area (Å²) in [4.78, 5) is 21.1. The Labute approximate surface area is 118 Å². The fourth-order valence-corrected chi connectivity index (χ4v) is 4.27. The van der Waals surface area contributed by atoms with E-state index >= 15 is 0 Å². The van der Waals surface area contributed by atoms with E-state index in [1.807, 2.05) is 20.8 Å². The lowest BCUT2D eigenvalue weighted by molar-refractivity contribution is 0.0602. The third-order valence-electron chi connectivity index (χ3n) is 3.03. The topological polar surface area (TPSA) is 52.1 Å². The molecule has 0 saturated heterocycles. The van der Waals surface area contributed by atoms with Gasteiger partial charge in [0.1, 0.15) is 0 Å². The molecule has 0 aliphatic carbocycles. The number of hydrogen-bond donors (Lipinski definition) is 0. The summed E-state index contributed by atoms with van der Waals surface area (Å²) >= 11 is 3.24. The Bertz CT molecular complexity index is 817. The minimum Gasteiger partial charge on any atom is -0.465 e. The largest absolute Gasteiger partial charge is 0.465 e. The Morgan fingerprint density at radius 2 is 1.53 bits per heavy atom. The molecular weight excluding hydrogens is 280 g/mol. The maximum Gasteiger partial charge on any atom is 0.340 e. The number of hydrogen-bond acceptors (Lipinski definition) is 6. The molecule has 98 valence electrons. The Morgan fingerprint density at radius 3 is 2.11 bits per heavy atom. The van der Waals surface area contributed by atoms with Crippen LogP contribution in [0.15, 0.2) is 0 Å². The number of fused-ring (bicyclic) bond motifs is 3. The number of aromatic nitrogens is 2. The molecule has 0 spiro atoms. The highest BCUT2D eigenvalue weighted by molar-refractivity contribution is 7.26. The summed E-state index contributed by atoms with van der Waals surface area (Å²) in [6.07, 6.45) is 0. The molecule has 0 aliphatic heterocycles. The fraction of sp³-hybridized carbons (Fsp3) is 0.308. The average Bonchev–Trinajstić information content (AvgIpc) is 2.92. The first-order valence-electron chi connectivity index (χ1n) is 5.78. The highest BCUT2D eigenvalue weighted by Crippen LogP contribution is 2.38. The molecule has 0 saturated carbocycles. The van der Waals surface area contributed by atoms with Gasteiger partial charge < -0.3 is 4.74 Å². The normalized spacial score (nSPS) is 11.4. The lowest BCUT2D eigenvalue weighted by Crippen LogP contribution is -2.05. The molecule has 3 aromatic rings. The maximum absolute atomic E-state index is 12.0. The van der Waals surface area contributed by atoms with Crippen molar-refractivity contribution in [3.63, 3.8) is 0 Å².